The Morgan fingerprint density at radius 2 is 1.58 bits per heavy atom. The first-order valence-corrected chi connectivity index (χ1v) is 8.88. The lowest BCUT2D eigenvalue weighted by molar-refractivity contribution is 0.0831. The molecule has 2 heteroatoms. The van der Waals surface area contributed by atoms with Gasteiger partial charge in [-0.1, -0.05) is 18.2 Å². The zero-order chi connectivity index (χ0) is 16.5. The quantitative estimate of drug-likeness (QED) is 0.748. The highest BCUT2D eigenvalue weighted by Crippen LogP contribution is 2.48. The van der Waals surface area contributed by atoms with Crippen LogP contribution in [0.2, 0.25) is 0 Å². The molecule has 120 valence electrons. The summed E-state index contributed by atoms with van der Waals surface area (Å²) in [4.78, 5) is 24.9. The van der Waals surface area contributed by atoms with Crippen LogP contribution < -0.4 is 0 Å². The molecule has 2 aromatic rings. The molecule has 0 saturated heterocycles. The fourth-order valence-electron chi connectivity index (χ4n) is 5.02. The van der Waals surface area contributed by atoms with Gasteiger partial charge in [0.25, 0.3) is 0 Å². The molecule has 3 aliphatic rings. The third-order valence-electron chi connectivity index (χ3n) is 6.24. The normalized spacial score (nSPS) is 23.5. The average molecular weight is 316 g/mol. The largest absolute Gasteiger partial charge is 0.295 e. The van der Waals surface area contributed by atoms with Crippen LogP contribution in [-0.4, -0.2) is 11.6 Å². The van der Waals surface area contributed by atoms with Gasteiger partial charge >= 0.3 is 0 Å². The fraction of sp³-hybridized carbons (Fsp3) is 0.364. The summed E-state index contributed by atoms with van der Waals surface area (Å²) < 4.78 is 0. The number of Topliss-reactive ketones (excluding diaryl/α,β-unsaturated/α-hetero) is 2. The summed E-state index contributed by atoms with van der Waals surface area (Å²) in [6, 6.07) is 10.4. The molecule has 5 rings (SSSR count). The number of rotatable bonds is 1. The molecule has 0 saturated carbocycles. The van der Waals surface area contributed by atoms with E-state index in [0.717, 1.165) is 43.2 Å². The predicted octanol–water partition coefficient (Wildman–Crippen LogP) is 3.90. The number of hydrogen-bond donors (Lipinski definition) is 0. The smallest absolute Gasteiger partial charge is 0.170 e. The molecular formula is C22H20O2. The van der Waals surface area contributed by atoms with Crippen molar-refractivity contribution >= 4 is 11.6 Å². The van der Waals surface area contributed by atoms with Crippen molar-refractivity contribution in [2.45, 2.75) is 45.4 Å². The standard InChI is InChI=1S/C22H20O2/c1-13(23)14-5-6-17-10-22(11-18(17)7-14)12-19-8-15-3-2-4-16(15)9-20(19)21(22)24/h5-9H,2-4,10-12H2,1H3/t22-/m0/s1. The van der Waals surface area contributed by atoms with Crippen molar-refractivity contribution in [2.75, 3.05) is 0 Å². The molecule has 0 aromatic heterocycles. The molecule has 0 radical (unpaired) electrons. The van der Waals surface area contributed by atoms with E-state index in [1.54, 1.807) is 6.92 Å². The van der Waals surface area contributed by atoms with Crippen LogP contribution in [0.15, 0.2) is 30.3 Å². The molecule has 0 fully saturated rings. The van der Waals surface area contributed by atoms with Gasteiger partial charge in [-0.05, 0) is 85.4 Å². The molecule has 0 N–H and O–H groups in total. The Balaban J connectivity index is 1.54. The number of hydrogen-bond acceptors (Lipinski definition) is 2. The maximum absolute atomic E-state index is 13.2. The summed E-state index contributed by atoms with van der Waals surface area (Å²) in [7, 11) is 0. The van der Waals surface area contributed by atoms with Crippen LogP contribution in [0.1, 0.15) is 61.9 Å². The van der Waals surface area contributed by atoms with Crippen molar-refractivity contribution in [3.8, 4) is 0 Å². The zero-order valence-corrected chi connectivity index (χ0v) is 13.9. The predicted molar refractivity (Wildman–Crippen MR) is 92.8 cm³/mol. The minimum absolute atomic E-state index is 0.0937. The van der Waals surface area contributed by atoms with Gasteiger partial charge in [0.1, 0.15) is 0 Å². The molecule has 2 nitrogen and oxygen atoms in total. The van der Waals surface area contributed by atoms with Gasteiger partial charge in [0, 0.05) is 16.5 Å². The van der Waals surface area contributed by atoms with E-state index in [2.05, 4.69) is 18.2 Å². The molecule has 0 aliphatic heterocycles. The number of ketones is 2. The highest BCUT2D eigenvalue weighted by molar-refractivity contribution is 6.06. The maximum Gasteiger partial charge on any atom is 0.170 e. The molecule has 1 atom stereocenters. The van der Waals surface area contributed by atoms with Crippen molar-refractivity contribution in [1.29, 1.82) is 0 Å². The van der Waals surface area contributed by atoms with E-state index in [-0.39, 0.29) is 11.2 Å². The van der Waals surface area contributed by atoms with Crippen molar-refractivity contribution in [3.05, 3.63) is 69.3 Å². The summed E-state index contributed by atoms with van der Waals surface area (Å²) in [6.07, 6.45) is 5.95. The minimum Gasteiger partial charge on any atom is -0.295 e. The van der Waals surface area contributed by atoms with E-state index in [1.807, 2.05) is 12.1 Å². The number of carbonyl (C=O) groups is 2. The highest BCUT2D eigenvalue weighted by atomic mass is 16.1. The van der Waals surface area contributed by atoms with E-state index in [0.29, 0.717) is 5.78 Å². The monoisotopic (exact) mass is 316 g/mol. The number of carbonyl (C=O) groups excluding carboxylic acids is 2. The molecular weight excluding hydrogens is 296 g/mol. The summed E-state index contributed by atoms with van der Waals surface area (Å²) in [5.41, 5.74) is 7.95. The van der Waals surface area contributed by atoms with Gasteiger partial charge < -0.3 is 0 Å². The van der Waals surface area contributed by atoms with Crippen LogP contribution in [0.25, 0.3) is 0 Å². The second kappa shape index (κ2) is 4.66. The van der Waals surface area contributed by atoms with Crippen molar-refractivity contribution in [1.82, 2.24) is 0 Å². The topological polar surface area (TPSA) is 34.1 Å². The molecule has 3 aliphatic carbocycles. The molecule has 2 aromatic carbocycles. The minimum atomic E-state index is -0.296. The molecule has 24 heavy (non-hydrogen) atoms. The lowest BCUT2D eigenvalue weighted by atomic mass is 9.81. The first-order valence-electron chi connectivity index (χ1n) is 8.88. The van der Waals surface area contributed by atoms with Gasteiger partial charge in [0.2, 0.25) is 0 Å². The van der Waals surface area contributed by atoms with Gasteiger partial charge in [-0.3, -0.25) is 9.59 Å². The number of fused-ring (bicyclic) bond motifs is 3. The van der Waals surface area contributed by atoms with Gasteiger partial charge in [-0.2, -0.15) is 0 Å². The van der Waals surface area contributed by atoms with Gasteiger partial charge in [-0.15, -0.1) is 0 Å². The first kappa shape index (κ1) is 14.2. The van der Waals surface area contributed by atoms with Crippen LogP contribution in [0, 0.1) is 5.41 Å². The third-order valence-corrected chi connectivity index (χ3v) is 6.24. The zero-order valence-electron chi connectivity index (χ0n) is 13.9. The molecule has 1 spiro atoms. The van der Waals surface area contributed by atoms with E-state index in [1.165, 1.54) is 34.2 Å². The molecule has 0 unspecified atom stereocenters. The Hall–Kier alpha value is -2.22. The van der Waals surface area contributed by atoms with Crippen molar-refractivity contribution in [3.63, 3.8) is 0 Å². The van der Waals surface area contributed by atoms with Crippen LogP contribution in [0.4, 0.5) is 0 Å². The lowest BCUT2D eigenvalue weighted by Crippen LogP contribution is -2.28. The van der Waals surface area contributed by atoms with Crippen molar-refractivity contribution < 1.29 is 9.59 Å². The van der Waals surface area contributed by atoms with Crippen LogP contribution in [0.3, 0.4) is 0 Å². The Morgan fingerprint density at radius 3 is 2.38 bits per heavy atom. The van der Waals surface area contributed by atoms with Gasteiger partial charge in [0.15, 0.2) is 11.6 Å². The van der Waals surface area contributed by atoms with E-state index >= 15 is 0 Å². The highest BCUT2D eigenvalue weighted by Gasteiger charge is 2.49. The SMILES string of the molecule is CC(=O)c1ccc2c(c1)C[C@@]1(C2)Cc2cc3c(cc2C1=O)CCC3. The van der Waals surface area contributed by atoms with E-state index in [9.17, 15) is 9.59 Å². The average Bonchev–Trinajstić information content (AvgIpc) is 3.21. The summed E-state index contributed by atoms with van der Waals surface area (Å²) in [6.45, 7) is 1.60. The Morgan fingerprint density at radius 1 is 0.875 bits per heavy atom. The molecule has 0 heterocycles. The maximum atomic E-state index is 13.2. The summed E-state index contributed by atoms with van der Waals surface area (Å²) >= 11 is 0. The second-order valence-corrected chi connectivity index (χ2v) is 7.81. The van der Waals surface area contributed by atoms with E-state index in [4.69, 9.17) is 0 Å². The van der Waals surface area contributed by atoms with Crippen molar-refractivity contribution in [2.24, 2.45) is 5.41 Å². The van der Waals surface area contributed by atoms with E-state index < -0.39 is 0 Å². The first-order chi connectivity index (χ1) is 11.6. The Bertz CT molecular complexity index is 922. The van der Waals surface area contributed by atoms with Crippen LogP contribution in [-0.2, 0) is 32.1 Å². The third kappa shape index (κ3) is 1.83. The Kier molecular flexibility index (Phi) is 2.75. The van der Waals surface area contributed by atoms with Crippen LogP contribution in [0.5, 0.6) is 0 Å². The summed E-state index contributed by atoms with van der Waals surface area (Å²) in [5.74, 6) is 0.420. The van der Waals surface area contributed by atoms with Gasteiger partial charge in [-0.25, -0.2) is 0 Å². The van der Waals surface area contributed by atoms with Gasteiger partial charge in [0.05, 0.1) is 0 Å². The number of aryl methyl sites for hydroxylation is 2. The lowest BCUT2D eigenvalue weighted by Gasteiger charge is -2.20. The van der Waals surface area contributed by atoms with Crippen LogP contribution >= 0.6 is 0 Å². The number of benzene rings is 2. The molecule has 0 bridgehead atoms. The Labute approximate surface area is 141 Å². The molecule has 0 amide bonds. The second-order valence-electron chi connectivity index (χ2n) is 7.81. The summed E-state index contributed by atoms with van der Waals surface area (Å²) in [5, 5.41) is 0. The fourth-order valence-corrected chi connectivity index (χ4v) is 5.02.